The maximum atomic E-state index is 13.5. The van der Waals surface area contributed by atoms with E-state index >= 15 is 0 Å². The van der Waals surface area contributed by atoms with Gasteiger partial charge in [-0.1, -0.05) is 35.2 Å². The van der Waals surface area contributed by atoms with Gasteiger partial charge in [0.15, 0.2) is 11.5 Å². The van der Waals surface area contributed by atoms with Crippen LogP contribution in [0, 0.1) is 6.92 Å². The van der Waals surface area contributed by atoms with Crippen molar-refractivity contribution < 1.29 is 9.47 Å². The first kappa shape index (κ1) is 23.5. The highest BCUT2D eigenvalue weighted by molar-refractivity contribution is 9.10. The van der Waals surface area contributed by atoms with Crippen molar-refractivity contribution in [3.63, 3.8) is 0 Å². The molecule has 1 aliphatic rings. The first-order valence-corrected chi connectivity index (χ1v) is 12.5. The second-order valence-corrected chi connectivity index (χ2v) is 9.27. The molecule has 1 fully saturated rings. The van der Waals surface area contributed by atoms with Crippen LogP contribution < -0.4 is 15.0 Å². The monoisotopic (exact) mass is 511 g/mol. The van der Waals surface area contributed by atoms with Crippen LogP contribution in [0.3, 0.4) is 0 Å². The maximum Gasteiger partial charge on any atom is 0.282 e. The normalized spacial score (nSPS) is 14.8. The number of aryl methyl sites for hydroxylation is 1. The van der Waals surface area contributed by atoms with Crippen LogP contribution in [0.4, 0.5) is 0 Å². The first-order valence-electron chi connectivity index (χ1n) is 11.7. The number of hydrogen-bond donors (Lipinski definition) is 0. The predicted octanol–water partition coefficient (Wildman–Crippen LogP) is 6.19. The Balaban J connectivity index is 1.82. The van der Waals surface area contributed by atoms with Gasteiger partial charge in [0.2, 0.25) is 0 Å². The molecule has 4 rings (SSSR count). The van der Waals surface area contributed by atoms with Gasteiger partial charge in [0.05, 0.1) is 30.3 Å². The first-order chi connectivity index (χ1) is 16.0. The molecule has 33 heavy (non-hydrogen) atoms. The fraction of sp³-hybridized carbons (Fsp3) is 0.423. The van der Waals surface area contributed by atoms with E-state index in [-0.39, 0.29) is 11.5 Å². The summed E-state index contributed by atoms with van der Waals surface area (Å²) in [6.07, 6.45) is 7.32. The van der Waals surface area contributed by atoms with E-state index in [2.05, 4.69) is 21.0 Å². The molecule has 0 saturated heterocycles. The summed E-state index contributed by atoms with van der Waals surface area (Å²) in [4.78, 5) is 18.4. The lowest BCUT2D eigenvalue weighted by Gasteiger charge is -2.22. The Morgan fingerprint density at radius 2 is 1.79 bits per heavy atom. The van der Waals surface area contributed by atoms with E-state index in [1.807, 2.05) is 51.1 Å². The smallest absolute Gasteiger partial charge is 0.282 e. The molecular formula is C26H30BrN3O3. The SMILES string of the molecule is CCOc1cc(C)c(C=Nn2c(C3CCCCC3)nc3ccc(Br)cc3c2=O)cc1OCC. The van der Waals surface area contributed by atoms with E-state index in [9.17, 15) is 4.79 Å². The Kier molecular flexibility index (Phi) is 7.48. The van der Waals surface area contributed by atoms with E-state index in [4.69, 9.17) is 14.5 Å². The van der Waals surface area contributed by atoms with Gasteiger partial charge in [-0.25, -0.2) is 4.98 Å². The van der Waals surface area contributed by atoms with Crippen molar-refractivity contribution >= 4 is 33.0 Å². The quantitative estimate of drug-likeness (QED) is 0.354. The average Bonchev–Trinajstić information content (AvgIpc) is 2.82. The van der Waals surface area contributed by atoms with Crippen molar-refractivity contribution in [2.75, 3.05) is 13.2 Å². The van der Waals surface area contributed by atoms with E-state index in [1.165, 1.54) is 11.1 Å². The highest BCUT2D eigenvalue weighted by atomic mass is 79.9. The number of hydrogen-bond acceptors (Lipinski definition) is 5. The third-order valence-corrected chi connectivity index (χ3v) is 6.54. The van der Waals surface area contributed by atoms with Gasteiger partial charge in [-0.2, -0.15) is 9.78 Å². The van der Waals surface area contributed by atoms with Gasteiger partial charge in [0.1, 0.15) is 5.82 Å². The highest BCUT2D eigenvalue weighted by Crippen LogP contribution is 2.33. The molecule has 2 aromatic carbocycles. The van der Waals surface area contributed by atoms with Gasteiger partial charge >= 0.3 is 0 Å². The Labute approximate surface area is 202 Å². The molecule has 6 nitrogen and oxygen atoms in total. The predicted molar refractivity (Wildman–Crippen MR) is 136 cm³/mol. The molecule has 1 saturated carbocycles. The van der Waals surface area contributed by atoms with Crippen molar-refractivity contribution in [1.29, 1.82) is 0 Å². The summed E-state index contributed by atoms with van der Waals surface area (Å²) >= 11 is 3.47. The van der Waals surface area contributed by atoms with Crippen LogP contribution in [0.1, 0.15) is 68.8 Å². The average molecular weight is 512 g/mol. The van der Waals surface area contributed by atoms with Crippen molar-refractivity contribution in [3.05, 3.63) is 62.1 Å². The zero-order valence-electron chi connectivity index (χ0n) is 19.4. The Bertz CT molecular complexity index is 1230. The molecule has 0 atom stereocenters. The number of aromatic nitrogens is 2. The summed E-state index contributed by atoms with van der Waals surface area (Å²) in [6.45, 7) is 6.99. The number of halogens is 1. The zero-order valence-corrected chi connectivity index (χ0v) is 21.0. The summed E-state index contributed by atoms with van der Waals surface area (Å²) in [5, 5.41) is 5.23. The number of fused-ring (bicyclic) bond motifs is 1. The summed E-state index contributed by atoms with van der Waals surface area (Å²) < 4.78 is 13.9. The van der Waals surface area contributed by atoms with Crippen LogP contribution in [0.15, 0.2) is 44.7 Å². The minimum Gasteiger partial charge on any atom is -0.490 e. The van der Waals surface area contributed by atoms with Gasteiger partial charge in [-0.05, 0) is 69.5 Å². The molecule has 3 aromatic rings. The summed E-state index contributed by atoms with van der Waals surface area (Å²) in [5.41, 5.74) is 2.44. The molecular weight excluding hydrogens is 482 g/mol. The molecule has 0 spiro atoms. The number of rotatable bonds is 7. The zero-order chi connectivity index (χ0) is 23.4. The van der Waals surface area contributed by atoms with Crippen LogP contribution in [0.2, 0.25) is 0 Å². The minimum absolute atomic E-state index is 0.147. The molecule has 0 bridgehead atoms. The second-order valence-electron chi connectivity index (χ2n) is 8.35. The van der Waals surface area contributed by atoms with Crippen LogP contribution in [-0.2, 0) is 0 Å². The number of benzene rings is 2. The van der Waals surface area contributed by atoms with E-state index in [0.717, 1.165) is 47.1 Å². The third kappa shape index (κ3) is 5.13. The van der Waals surface area contributed by atoms with Crippen LogP contribution >= 0.6 is 15.9 Å². The lowest BCUT2D eigenvalue weighted by atomic mass is 9.88. The van der Waals surface area contributed by atoms with E-state index < -0.39 is 0 Å². The van der Waals surface area contributed by atoms with Gasteiger partial charge in [-0.15, -0.1) is 0 Å². The molecule has 7 heteroatoms. The number of ether oxygens (including phenoxy) is 2. The van der Waals surface area contributed by atoms with Crippen LogP contribution in [0.25, 0.3) is 10.9 Å². The lowest BCUT2D eigenvalue weighted by Crippen LogP contribution is -2.25. The fourth-order valence-electron chi connectivity index (χ4n) is 4.38. The molecule has 0 aliphatic heterocycles. The topological polar surface area (TPSA) is 65.7 Å². The van der Waals surface area contributed by atoms with Gasteiger partial charge < -0.3 is 9.47 Å². The highest BCUT2D eigenvalue weighted by Gasteiger charge is 2.22. The van der Waals surface area contributed by atoms with Crippen LogP contribution in [0.5, 0.6) is 11.5 Å². The summed E-state index contributed by atoms with van der Waals surface area (Å²) in [6, 6.07) is 9.51. The molecule has 1 heterocycles. The fourth-order valence-corrected chi connectivity index (χ4v) is 4.74. The largest absolute Gasteiger partial charge is 0.490 e. The minimum atomic E-state index is -0.147. The van der Waals surface area contributed by atoms with Crippen molar-refractivity contribution in [2.24, 2.45) is 5.10 Å². The second kappa shape index (κ2) is 10.5. The molecule has 0 radical (unpaired) electrons. The van der Waals surface area contributed by atoms with Crippen LogP contribution in [-0.4, -0.2) is 29.1 Å². The van der Waals surface area contributed by atoms with Crippen molar-refractivity contribution in [1.82, 2.24) is 9.66 Å². The Hall–Kier alpha value is -2.67. The van der Waals surface area contributed by atoms with Gasteiger partial charge in [-0.3, -0.25) is 4.79 Å². The molecule has 0 unspecified atom stereocenters. The number of nitrogens with zero attached hydrogens (tertiary/aromatic N) is 3. The molecule has 0 amide bonds. The Morgan fingerprint density at radius 1 is 1.09 bits per heavy atom. The summed E-state index contributed by atoms with van der Waals surface area (Å²) in [7, 11) is 0. The van der Waals surface area contributed by atoms with Gasteiger partial charge in [0, 0.05) is 16.0 Å². The lowest BCUT2D eigenvalue weighted by molar-refractivity contribution is 0.287. The van der Waals surface area contributed by atoms with E-state index in [1.54, 1.807) is 6.21 Å². The summed E-state index contributed by atoms with van der Waals surface area (Å²) in [5.74, 6) is 2.37. The molecule has 0 N–H and O–H groups in total. The molecule has 1 aliphatic carbocycles. The standard InChI is InChI=1S/C26H30BrN3O3/c1-4-32-23-13-17(3)19(14-24(23)33-5-2)16-28-30-25(18-9-7-6-8-10-18)29-22-12-11-20(27)15-21(22)26(30)31/h11-16,18H,4-10H2,1-3H3. The molecule has 1 aromatic heterocycles. The van der Waals surface area contributed by atoms with Crippen molar-refractivity contribution in [3.8, 4) is 11.5 Å². The third-order valence-electron chi connectivity index (χ3n) is 6.05. The van der Waals surface area contributed by atoms with Gasteiger partial charge in [0.25, 0.3) is 5.56 Å². The maximum absolute atomic E-state index is 13.5. The van der Waals surface area contributed by atoms with E-state index in [0.29, 0.717) is 35.6 Å². The Morgan fingerprint density at radius 3 is 2.48 bits per heavy atom. The molecule has 174 valence electrons. The van der Waals surface area contributed by atoms with Crippen molar-refractivity contribution in [2.45, 2.75) is 58.8 Å².